The van der Waals surface area contributed by atoms with E-state index in [1.54, 1.807) is 11.3 Å². The van der Waals surface area contributed by atoms with Gasteiger partial charge in [0.25, 0.3) is 0 Å². The first-order valence-electron chi connectivity index (χ1n) is 5.08. The van der Waals surface area contributed by atoms with E-state index in [0.29, 0.717) is 5.13 Å². The third kappa shape index (κ3) is 2.83. The van der Waals surface area contributed by atoms with Gasteiger partial charge in [-0.15, -0.1) is 22.7 Å². The molecule has 0 fully saturated rings. The molecule has 90 valence electrons. The van der Waals surface area contributed by atoms with E-state index in [-0.39, 0.29) is 11.7 Å². The Balaban J connectivity index is 2.07. The fourth-order valence-corrected chi connectivity index (χ4v) is 3.03. The summed E-state index contributed by atoms with van der Waals surface area (Å²) < 4.78 is 0. The van der Waals surface area contributed by atoms with E-state index in [2.05, 4.69) is 29.4 Å². The Labute approximate surface area is 107 Å². The minimum Gasteiger partial charge on any atom is -0.476 e. The number of aromatic carboxylic acids is 1. The molecule has 0 aromatic carbocycles. The lowest BCUT2D eigenvalue weighted by atomic mass is 10.3. The molecule has 0 amide bonds. The fraction of sp³-hybridized carbons (Fsp3) is 0.273. The highest BCUT2D eigenvalue weighted by atomic mass is 32.1. The summed E-state index contributed by atoms with van der Waals surface area (Å²) in [6.07, 6.45) is 0. The van der Waals surface area contributed by atoms with E-state index in [1.807, 2.05) is 6.92 Å². The Morgan fingerprint density at radius 1 is 1.53 bits per heavy atom. The molecule has 0 radical (unpaired) electrons. The second kappa shape index (κ2) is 4.85. The molecule has 2 aromatic heterocycles. The normalized spacial score (nSPS) is 12.4. The van der Waals surface area contributed by atoms with Crippen LogP contribution < -0.4 is 5.32 Å². The zero-order valence-electron chi connectivity index (χ0n) is 9.43. The number of anilines is 1. The van der Waals surface area contributed by atoms with Crippen LogP contribution in [-0.2, 0) is 0 Å². The molecule has 0 spiro atoms. The zero-order valence-corrected chi connectivity index (χ0v) is 11.1. The Hall–Kier alpha value is -1.40. The summed E-state index contributed by atoms with van der Waals surface area (Å²) in [4.78, 5) is 17.2. The van der Waals surface area contributed by atoms with E-state index in [9.17, 15) is 4.79 Å². The molecule has 0 aliphatic heterocycles. The Bertz CT molecular complexity index is 533. The number of carboxylic acid groups (broad SMARTS) is 1. The molecule has 6 heteroatoms. The average Bonchev–Trinajstić information content (AvgIpc) is 2.86. The van der Waals surface area contributed by atoms with Crippen LogP contribution >= 0.6 is 22.7 Å². The van der Waals surface area contributed by atoms with Gasteiger partial charge in [-0.25, -0.2) is 9.78 Å². The number of hydrogen-bond donors (Lipinski definition) is 2. The quantitative estimate of drug-likeness (QED) is 0.892. The van der Waals surface area contributed by atoms with Crippen LogP contribution in [0.5, 0.6) is 0 Å². The standard InChI is InChI=1S/C11H12N2O2S2/c1-6-3-4-9(17-6)7(2)12-11-13-8(5-16-11)10(14)15/h3-5,7H,1-2H3,(H,12,13)(H,14,15). The van der Waals surface area contributed by atoms with Crippen LogP contribution in [0.15, 0.2) is 17.5 Å². The largest absolute Gasteiger partial charge is 0.476 e. The Morgan fingerprint density at radius 3 is 2.82 bits per heavy atom. The van der Waals surface area contributed by atoms with Gasteiger partial charge < -0.3 is 10.4 Å². The number of thiophene rings is 1. The van der Waals surface area contributed by atoms with Crippen molar-refractivity contribution < 1.29 is 9.90 Å². The van der Waals surface area contributed by atoms with Gasteiger partial charge in [-0.3, -0.25) is 0 Å². The van der Waals surface area contributed by atoms with Crippen LogP contribution in [0.2, 0.25) is 0 Å². The first-order valence-corrected chi connectivity index (χ1v) is 6.77. The topological polar surface area (TPSA) is 62.2 Å². The van der Waals surface area contributed by atoms with E-state index in [0.717, 1.165) is 0 Å². The molecule has 0 saturated heterocycles. The lowest BCUT2D eigenvalue weighted by Gasteiger charge is -2.10. The number of carbonyl (C=O) groups is 1. The summed E-state index contributed by atoms with van der Waals surface area (Å²) in [5.74, 6) is -0.992. The summed E-state index contributed by atoms with van der Waals surface area (Å²) in [6, 6.07) is 4.29. The number of aromatic nitrogens is 1. The number of rotatable bonds is 4. The third-order valence-corrected chi connectivity index (χ3v) is 4.21. The smallest absolute Gasteiger partial charge is 0.355 e. The minimum atomic E-state index is -0.992. The van der Waals surface area contributed by atoms with E-state index in [1.165, 1.54) is 26.5 Å². The summed E-state index contributed by atoms with van der Waals surface area (Å²) in [7, 11) is 0. The maximum atomic E-state index is 10.7. The van der Waals surface area contributed by atoms with Gasteiger partial charge in [-0.05, 0) is 26.0 Å². The number of nitrogens with one attached hydrogen (secondary N) is 1. The predicted molar refractivity (Wildman–Crippen MR) is 70.2 cm³/mol. The highest BCUT2D eigenvalue weighted by Gasteiger charge is 2.12. The Morgan fingerprint density at radius 2 is 2.29 bits per heavy atom. The molecule has 2 rings (SSSR count). The fourth-order valence-electron chi connectivity index (χ4n) is 1.38. The van der Waals surface area contributed by atoms with Gasteiger partial charge in [-0.2, -0.15) is 0 Å². The van der Waals surface area contributed by atoms with E-state index >= 15 is 0 Å². The van der Waals surface area contributed by atoms with Gasteiger partial charge in [0, 0.05) is 15.1 Å². The van der Waals surface area contributed by atoms with Gasteiger partial charge in [0.1, 0.15) is 0 Å². The lowest BCUT2D eigenvalue weighted by molar-refractivity contribution is 0.0691. The van der Waals surface area contributed by atoms with Crippen molar-refractivity contribution in [1.82, 2.24) is 4.98 Å². The van der Waals surface area contributed by atoms with Crippen molar-refractivity contribution in [3.63, 3.8) is 0 Å². The molecule has 2 N–H and O–H groups in total. The summed E-state index contributed by atoms with van der Waals surface area (Å²) in [5.41, 5.74) is 0.0899. The van der Waals surface area contributed by atoms with Crippen molar-refractivity contribution in [3.8, 4) is 0 Å². The number of hydrogen-bond acceptors (Lipinski definition) is 5. The molecule has 0 aliphatic carbocycles. The molecular weight excluding hydrogens is 256 g/mol. The van der Waals surface area contributed by atoms with Crippen molar-refractivity contribution in [2.75, 3.05) is 5.32 Å². The number of thiazole rings is 1. The molecule has 0 aliphatic rings. The molecule has 2 aromatic rings. The number of nitrogens with zero attached hydrogens (tertiary/aromatic N) is 1. The predicted octanol–water partition coefficient (Wildman–Crippen LogP) is 3.38. The van der Waals surface area contributed by atoms with Crippen molar-refractivity contribution >= 4 is 33.8 Å². The summed E-state index contributed by atoms with van der Waals surface area (Å²) >= 11 is 3.04. The maximum absolute atomic E-state index is 10.7. The monoisotopic (exact) mass is 268 g/mol. The first-order chi connectivity index (χ1) is 8.06. The van der Waals surface area contributed by atoms with Crippen LogP contribution in [0, 0.1) is 6.92 Å². The SMILES string of the molecule is Cc1ccc(C(C)Nc2nc(C(=O)O)cs2)s1. The zero-order chi connectivity index (χ0) is 12.4. The van der Waals surface area contributed by atoms with Crippen LogP contribution in [0.25, 0.3) is 0 Å². The maximum Gasteiger partial charge on any atom is 0.355 e. The van der Waals surface area contributed by atoms with Gasteiger partial charge >= 0.3 is 5.97 Å². The van der Waals surface area contributed by atoms with Crippen molar-refractivity contribution in [2.45, 2.75) is 19.9 Å². The van der Waals surface area contributed by atoms with Gasteiger partial charge in [0.05, 0.1) is 6.04 Å². The molecule has 4 nitrogen and oxygen atoms in total. The molecule has 1 unspecified atom stereocenters. The lowest BCUT2D eigenvalue weighted by Crippen LogP contribution is -2.05. The van der Waals surface area contributed by atoms with Crippen LogP contribution in [0.4, 0.5) is 5.13 Å². The number of aryl methyl sites for hydroxylation is 1. The van der Waals surface area contributed by atoms with Crippen molar-refractivity contribution in [3.05, 3.63) is 33.0 Å². The first kappa shape index (κ1) is 12.1. The molecule has 0 saturated carbocycles. The second-order valence-corrected chi connectivity index (χ2v) is 5.84. The van der Waals surface area contributed by atoms with Gasteiger partial charge in [0.2, 0.25) is 0 Å². The van der Waals surface area contributed by atoms with Crippen LogP contribution in [0.1, 0.15) is 33.2 Å². The summed E-state index contributed by atoms with van der Waals surface area (Å²) in [5, 5.41) is 14.2. The van der Waals surface area contributed by atoms with E-state index < -0.39 is 5.97 Å². The van der Waals surface area contributed by atoms with E-state index in [4.69, 9.17) is 5.11 Å². The molecule has 2 heterocycles. The second-order valence-electron chi connectivity index (χ2n) is 3.66. The molecule has 1 atom stereocenters. The van der Waals surface area contributed by atoms with Gasteiger partial charge in [-0.1, -0.05) is 0 Å². The third-order valence-electron chi connectivity index (χ3n) is 2.25. The van der Waals surface area contributed by atoms with Crippen LogP contribution in [-0.4, -0.2) is 16.1 Å². The highest BCUT2D eigenvalue weighted by molar-refractivity contribution is 7.14. The number of carboxylic acids is 1. The minimum absolute atomic E-state index is 0.0899. The molecule has 17 heavy (non-hydrogen) atoms. The van der Waals surface area contributed by atoms with Crippen molar-refractivity contribution in [2.24, 2.45) is 0 Å². The van der Waals surface area contributed by atoms with Gasteiger partial charge in [0.15, 0.2) is 10.8 Å². The average molecular weight is 268 g/mol. The molecule has 0 bridgehead atoms. The summed E-state index contributed by atoms with van der Waals surface area (Å²) in [6.45, 7) is 4.10. The Kier molecular flexibility index (Phi) is 3.44. The molecular formula is C11H12N2O2S2. The van der Waals surface area contributed by atoms with Crippen LogP contribution in [0.3, 0.4) is 0 Å². The highest BCUT2D eigenvalue weighted by Crippen LogP contribution is 2.27. The van der Waals surface area contributed by atoms with Crippen molar-refractivity contribution in [1.29, 1.82) is 0 Å².